The van der Waals surface area contributed by atoms with Crippen LogP contribution in [0.15, 0.2) is 76.3 Å². The molecule has 0 radical (unpaired) electrons. The topological polar surface area (TPSA) is 63.2 Å². The van der Waals surface area contributed by atoms with Crippen molar-refractivity contribution < 1.29 is 13.2 Å². The molecule has 1 N–H and O–H groups in total. The fraction of sp³-hybridized carbons (Fsp3) is 0.0556. The van der Waals surface area contributed by atoms with E-state index in [9.17, 15) is 13.2 Å². The van der Waals surface area contributed by atoms with Crippen LogP contribution in [0.2, 0.25) is 0 Å². The highest BCUT2D eigenvalue weighted by molar-refractivity contribution is 7.89. The zero-order valence-electron chi connectivity index (χ0n) is 12.7. The summed E-state index contributed by atoms with van der Waals surface area (Å²) in [5.74, 6) is -0.272. The molecule has 0 atom stereocenters. The zero-order chi connectivity index (χ0) is 17.0. The number of Topliss-reactive ketones (excluding diaryl/α,β-unsaturated/α-hetero) is 1. The first-order valence-corrected chi connectivity index (χ1v) is 9.69. The van der Waals surface area contributed by atoms with E-state index >= 15 is 0 Å². The highest BCUT2D eigenvalue weighted by Crippen LogP contribution is 2.23. The van der Waals surface area contributed by atoms with E-state index < -0.39 is 10.0 Å². The van der Waals surface area contributed by atoms with E-state index in [-0.39, 0.29) is 17.2 Å². The van der Waals surface area contributed by atoms with Crippen molar-refractivity contribution in [2.45, 2.75) is 4.90 Å². The van der Waals surface area contributed by atoms with Crippen molar-refractivity contribution in [3.63, 3.8) is 0 Å². The van der Waals surface area contributed by atoms with Crippen molar-refractivity contribution in [2.75, 3.05) is 6.54 Å². The van der Waals surface area contributed by atoms with E-state index in [0.29, 0.717) is 5.56 Å². The number of hydrogen-bond donors (Lipinski definition) is 1. The van der Waals surface area contributed by atoms with Gasteiger partial charge in [-0.1, -0.05) is 36.4 Å². The van der Waals surface area contributed by atoms with Crippen LogP contribution in [-0.2, 0) is 10.0 Å². The molecule has 0 bridgehead atoms. The second-order valence-corrected chi connectivity index (χ2v) is 7.70. The highest BCUT2D eigenvalue weighted by atomic mass is 32.2. The van der Waals surface area contributed by atoms with Crippen LogP contribution in [-0.4, -0.2) is 20.7 Å². The number of nitrogens with one attached hydrogen (secondary N) is 1. The van der Waals surface area contributed by atoms with E-state index in [2.05, 4.69) is 4.72 Å². The lowest BCUT2D eigenvalue weighted by molar-refractivity contribution is 0.0997. The van der Waals surface area contributed by atoms with Gasteiger partial charge in [0.15, 0.2) is 5.78 Å². The molecule has 0 aliphatic carbocycles. The molecule has 1 heterocycles. The number of rotatable bonds is 6. The van der Waals surface area contributed by atoms with Crippen LogP contribution >= 0.6 is 11.3 Å². The number of thiophene rings is 1. The number of carbonyl (C=O) groups excluding carboxylic acids is 1. The second kappa shape index (κ2) is 7.09. The smallest absolute Gasteiger partial charge is 0.240 e. The Balaban J connectivity index is 1.73. The summed E-state index contributed by atoms with van der Waals surface area (Å²) in [4.78, 5) is 12.5. The molecule has 3 rings (SSSR count). The van der Waals surface area contributed by atoms with Crippen LogP contribution in [0.5, 0.6) is 0 Å². The molecule has 6 heteroatoms. The lowest BCUT2D eigenvalue weighted by Crippen LogP contribution is -2.29. The molecule has 2 aromatic carbocycles. The molecule has 0 fully saturated rings. The predicted molar refractivity (Wildman–Crippen MR) is 95.7 cm³/mol. The van der Waals surface area contributed by atoms with Crippen molar-refractivity contribution >= 4 is 27.1 Å². The van der Waals surface area contributed by atoms with E-state index in [4.69, 9.17) is 0 Å². The Hall–Kier alpha value is -2.28. The van der Waals surface area contributed by atoms with Gasteiger partial charge < -0.3 is 0 Å². The Labute approximate surface area is 144 Å². The lowest BCUT2D eigenvalue weighted by Gasteiger charge is -2.07. The summed E-state index contributed by atoms with van der Waals surface area (Å²) in [5.41, 5.74) is 2.46. The summed E-state index contributed by atoms with van der Waals surface area (Å²) in [6, 6.07) is 17.2. The zero-order valence-corrected chi connectivity index (χ0v) is 14.3. The molecule has 4 nitrogen and oxygen atoms in total. The molecule has 0 unspecified atom stereocenters. The average molecular weight is 357 g/mol. The molecule has 0 saturated heterocycles. The van der Waals surface area contributed by atoms with Crippen LogP contribution in [0, 0.1) is 0 Å². The molecule has 24 heavy (non-hydrogen) atoms. The standard InChI is InChI=1S/C18H15NO3S2/c20-18(12-19-24(21,22)17-7-2-1-3-8-17)15-6-4-5-14(11-15)16-9-10-23-13-16/h1-11,13,19H,12H2. The van der Waals surface area contributed by atoms with Crippen molar-refractivity contribution in [1.29, 1.82) is 0 Å². The number of hydrogen-bond acceptors (Lipinski definition) is 4. The molecule has 122 valence electrons. The van der Waals surface area contributed by atoms with Gasteiger partial charge in [-0.2, -0.15) is 11.3 Å². The predicted octanol–water partition coefficient (Wildman–Crippen LogP) is 3.58. The summed E-state index contributed by atoms with van der Waals surface area (Å²) in [6.45, 7) is -0.273. The lowest BCUT2D eigenvalue weighted by atomic mass is 10.0. The minimum atomic E-state index is -3.69. The van der Waals surface area contributed by atoms with Crippen molar-refractivity contribution in [2.24, 2.45) is 0 Å². The van der Waals surface area contributed by atoms with Crippen LogP contribution < -0.4 is 4.72 Å². The minimum Gasteiger partial charge on any atom is -0.293 e. The van der Waals surface area contributed by atoms with Gasteiger partial charge in [-0.25, -0.2) is 13.1 Å². The van der Waals surface area contributed by atoms with Gasteiger partial charge >= 0.3 is 0 Å². The summed E-state index contributed by atoms with van der Waals surface area (Å²) < 4.78 is 26.7. The second-order valence-electron chi connectivity index (χ2n) is 5.15. The van der Waals surface area contributed by atoms with Gasteiger partial charge in [0.2, 0.25) is 10.0 Å². The summed E-state index contributed by atoms with van der Waals surface area (Å²) in [6.07, 6.45) is 0. The fourth-order valence-corrected chi connectivity index (χ4v) is 3.91. The van der Waals surface area contributed by atoms with E-state index in [1.54, 1.807) is 47.7 Å². The van der Waals surface area contributed by atoms with E-state index in [1.807, 2.05) is 22.9 Å². The third kappa shape index (κ3) is 3.79. The SMILES string of the molecule is O=C(CNS(=O)(=O)c1ccccc1)c1cccc(-c2ccsc2)c1. The van der Waals surface area contributed by atoms with E-state index in [1.165, 1.54) is 12.1 Å². The third-order valence-corrected chi connectivity index (χ3v) is 5.62. The van der Waals surface area contributed by atoms with Gasteiger partial charge in [-0.3, -0.25) is 4.79 Å². The quantitative estimate of drug-likeness (QED) is 0.686. The average Bonchev–Trinajstić information content (AvgIpc) is 3.15. The number of carbonyl (C=O) groups is 1. The van der Waals surface area contributed by atoms with Crippen LogP contribution in [0.4, 0.5) is 0 Å². The third-order valence-electron chi connectivity index (χ3n) is 3.52. The Morgan fingerprint density at radius 2 is 1.75 bits per heavy atom. The molecule has 0 amide bonds. The largest absolute Gasteiger partial charge is 0.293 e. The molecule has 1 aromatic heterocycles. The van der Waals surface area contributed by atoms with Gasteiger partial charge in [0.1, 0.15) is 0 Å². The Kier molecular flexibility index (Phi) is 4.89. The molecule has 0 saturated carbocycles. The summed E-state index contributed by atoms with van der Waals surface area (Å²) >= 11 is 1.58. The van der Waals surface area contributed by atoms with Gasteiger partial charge in [-0.15, -0.1) is 0 Å². The molecular weight excluding hydrogens is 342 g/mol. The number of benzene rings is 2. The Morgan fingerprint density at radius 3 is 2.46 bits per heavy atom. The maximum Gasteiger partial charge on any atom is 0.240 e. The van der Waals surface area contributed by atoms with Crippen LogP contribution in [0.1, 0.15) is 10.4 Å². The van der Waals surface area contributed by atoms with Crippen LogP contribution in [0.3, 0.4) is 0 Å². The Bertz CT molecular complexity index is 933. The van der Waals surface area contributed by atoms with Gasteiger partial charge in [-0.05, 0) is 46.2 Å². The van der Waals surface area contributed by atoms with E-state index in [0.717, 1.165) is 11.1 Å². The van der Waals surface area contributed by atoms with Crippen molar-refractivity contribution in [3.8, 4) is 11.1 Å². The molecule has 0 spiro atoms. The highest BCUT2D eigenvalue weighted by Gasteiger charge is 2.16. The fourth-order valence-electron chi connectivity index (χ4n) is 2.25. The first-order valence-electron chi connectivity index (χ1n) is 7.27. The van der Waals surface area contributed by atoms with Crippen molar-refractivity contribution in [1.82, 2.24) is 4.72 Å². The normalized spacial score (nSPS) is 11.3. The van der Waals surface area contributed by atoms with Gasteiger partial charge in [0.25, 0.3) is 0 Å². The first kappa shape index (κ1) is 16.6. The van der Waals surface area contributed by atoms with Gasteiger partial charge in [0, 0.05) is 5.56 Å². The Morgan fingerprint density at radius 1 is 0.958 bits per heavy atom. The maximum atomic E-state index is 12.3. The van der Waals surface area contributed by atoms with Crippen LogP contribution in [0.25, 0.3) is 11.1 Å². The number of sulfonamides is 1. The molecule has 0 aliphatic rings. The van der Waals surface area contributed by atoms with Gasteiger partial charge in [0.05, 0.1) is 11.4 Å². The molecular formula is C18H15NO3S2. The molecule has 3 aromatic rings. The summed E-state index contributed by atoms with van der Waals surface area (Å²) in [5, 5.41) is 3.97. The number of ketones is 1. The monoisotopic (exact) mass is 357 g/mol. The summed E-state index contributed by atoms with van der Waals surface area (Å²) in [7, 11) is -3.69. The minimum absolute atomic E-state index is 0.143. The van der Waals surface area contributed by atoms with Crippen molar-refractivity contribution in [3.05, 3.63) is 77.0 Å². The maximum absolute atomic E-state index is 12.3. The molecule has 0 aliphatic heterocycles. The first-order chi connectivity index (χ1) is 11.6.